The average Bonchev–Trinajstić information content (AvgIpc) is 3.37. The van der Waals surface area contributed by atoms with Crippen LogP contribution in [-0.4, -0.2) is 35.8 Å². The quantitative estimate of drug-likeness (QED) is 0.930. The van der Waals surface area contributed by atoms with Crippen molar-refractivity contribution in [1.82, 2.24) is 4.90 Å². The van der Waals surface area contributed by atoms with E-state index in [0.717, 1.165) is 30.9 Å². The van der Waals surface area contributed by atoms with Gasteiger partial charge in [0.15, 0.2) is 0 Å². The number of hydrogen-bond acceptors (Lipinski definition) is 3. The predicted molar refractivity (Wildman–Crippen MR) is 82.1 cm³/mol. The molecule has 5 rings (SSSR count). The minimum Gasteiger partial charge on any atom is -0.445 e. The lowest BCUT2D eigenvalue weighted by Crippen LogP contribution is -2.66. The summed E-state index contributed by atoms with van der Waals surface area (Å²) in [6.45, 7) is 1.96. The molecule has 4 aliphatic rings. The molecule has 1 N–H and O–H groups in total. The molecule has 2 saturated carbocycles. The molecule has 0 unspecified atom stereocenters. The van der Waals surface area contributed by atoms with Crippen molar-refractivity contribution in [1.29, 1.82) is 0 Å². The van der Waals surface area contributed by atoms with Crippen LogP contribution in [0.4, 0.5) is 4.79 Å². The normalized spacial score (nSPS) is 33.2. The van der Waals surface area contributed by atoms with Gasteiger partial charge in [-0.3, -0.25) is 0 Å². The summed E-state index contributed by atoms with van der Waals surface area (Å²) < 4.78 is 5.48. The number of benzene rings is 1. The molecule has 118 valence electrons. The van der Waals surface area contributed by atoms with E-state index in [4.69, 9.17) is 4.74 Å². The highest BCUT2D eigenvalue weighted by molar-refractivity contribution is 5.68. The zero-order valence-corrected chi connectivity index (χ0v) is 12.8. The first-order valence-electron chi connectivity index (χ1n) is 8.21. The third-order valence-corrected chi connectivity index (χ3v) is 5.73. The Balaban J connectivity index is 1.40. The van der Waals surface area contributed by atoms with Gasteiger partial charge in [-0.25, -0.2) is 4.79 Å². The van der Waals surface area contributed by atoms with Crippen molar-refractivity contribution in [2.24, 2.45) is 16.7 Å². The second-order valence-electron chi connectivity index (χ2n) is 7.54. The highest BCUT2D eigenvalue weighted by Crippen LogP contribution is 2.67. The lowest BCUT2D eigenvalue weighted by atomic mass is 9.48. The molecule has 4 heteroatoms. The standard InChI is InChI=1S/C18H23NO3/c20-13-17-9-18(10-17,15-6-7-15)12-19(11-17)16(21)22-8-14-4-2-1-3-5-14/h1-5,15,20H,6-13H2. The average molecular weight is 301 g/mol. The van der Waals surface area contributed by atoms with Crippen LogP contribution in [0.3, 0.4) is 0 Å². The molecule has 0 radical (unpaired) electrons. The van der Waals surface area contributed by atoms with E-state index in [1.54, 1.807) is 0 Å². The number of amides is 1. The van der Waals surface area contributed by atoms with E-state index in [9.17, 15) is 9.90 Å². The van der Waals surface area contributed by atoms with Gasteiger partial charge in [0.2, 0.25) is 0 Å². The number of carbonyl (C=O) groups excluding carboxylic acids is 1. The zero-order valence-electron chi connectivity index (χ0n) is 12.8. The van der Waals surface area contributed by atoms with Crippen molar-refractivity contribution in [3.8, 4) is 0 Å². The van der Waals surface area contributed by atoms with Gasteiger partial charge in [-0.15, -0.1) is 0 Å². The number of nitrogens with zero attached hydrogens (tertiary/aromatic N) is 1. The van der Waals surface area contributed by atoms with Crippen LogP contribution in [0.5, 0.6) is 0 Å². The van der Waals surface area contributed by atoms with Crippen molar-refractivity contribution in [3.05, 3.63) is 35.9 Å². The Labute approximate surface area is 131 Å². The predicted octanol–water partition coefficient (Wildman–Crippen LogP) is 2.81. The van der Waals surface area contributed by atoms with E-state index in [1.807, 2.05) is 35.2 Å². The molecule has 22 heavy (non-hydrogen) atoms. The van der Waals surface area contributed by atoms with Gasteiger partial charge < -0.3 is 14.7 Å². The van der Waals surface area contributed by atoms with Gasteiger partial charge >= 0.3 is 6.09 Å². The first kappa shape index (κ1) is 14.1. The Kier molecular flexibility index (Phi) is 3.19. The van der Waals surface area contributed by atoms with Crippen molar-refractivity contribution in [2.45, 2.75) is 32.3 Å². The number of carbonyl (C=O) groups is 1. The Morgan fingerprint density at radius 2 is 1.95 bits per heavy atom. The van der Waals surface area contributed by atoms with Crippen LogP contribution >= 0.6 is 0 Å². The van der Waals surface area contributed by atoms with Gasteiger partial charge in [-0.2, -0.15) is 0 Å². The highest BCUT2D eigenvalue weighted by Gasteiger charge is 2.64. The Bertz CT molecular complexity index is 561. The van der Waals surface area contributed by atoms with Crippen molar-refractivity contribution >= 4 is 6.09 Å². The van der Waals surface area contributed by atoms with Crippen LogP contribution in [0.15, 0.2) is 30.3 Å². The third-order valence-electron chi connectivity index (χ3n) is 5.73. The Hall–Kier alpha value is -1.55. The van der Waals surface area contributed by atoms with Crippen molar-refractivity contribution in [2.75, 3.05) is 19.7 Å². The summed E-state index contributed by atoms with van der Waals surface area (Å²) >= 11 is 0. The van der Waals surface area contributed by atoms with Gasteiger partial charge in [-0.05, 0) is 42.6 Å². The van der Waals surface area contributed by atoms with E-state index in [1.165, 1.54) is 12.8 Å². The van der Waals surface area contributed by atoms with Crippen LogP contribution in [0.1, 0.15) is 31.2 Å². The van der Waals surface area contributed by atoms with Gasteiger partial charge in [0.1, 0.15) is 6.61 Å². The summed E-state index contributed by atoms with van der Waals surface area (Å²) in [6, 6.07) is 9.77. The molecule has 2 bridgehead atoms. The van der Waals surface area contributed by atoms with Crippen LogP contribution in [0, 0.1) is 16.7 Å². The second kappa shape index (κ2) is 4.98. The van der Waals surface area contributed by atoms with Crippen LogP contribution in [0.2, 0.25) is 0 Å². The molecule has 2 saturated heterocycles. The zero-order chi connectivity index (χ0) is 15.2. The third kappa shape index (κ3) is 2.30. The molecule has 4 nitrogen and oxygen atoms in total. The molecule has 0 spiro atoms. The topological polar surface area (TPSA) is 49.8 Å². The molecule has 2 heterocycles. The maximum Gasteiger partial charge on any atom is 0.410 e. The lowest BCUT2D eigenvalue weighted by Gasteiger charge is -2.63. The van der Waals surface area contributed by atoms with Crippen molar-refractivity contribution < 1.29 is 14.6 Å². The highest BCUT2D eigenvalue weighted by atomic mass is 16.6. The first-order valence-corrected chi connectivity index (χ1v) is 8.21. The van der Waals surface area contributed by atoms with Gasteiger partial charge in [0.25, 0.3) is 0 Å². The molecular weight excluding hydrogens is 278 g/mol. The largest absolute Gasteiger partial charge is 0.445 e. The van der Waals surface area contributed by atoms with E-state index < -0.39 is 0 Å². The van der Waals surface area contributed by atoms with Crippen LogP contribution in [-0.2, 0) is 11.3 Å². The van der Waals surface area contributed by atoms with Crippen molar-refractivity contribution in [3.63, 3.8) is 0 Å². The molecule has 0 aromatic heterocycles. The monoisotopic (exact) mass is 301 g/mol. The molecule has 0 atom stereocenters. The molecule has 1 aromatic carbocycles. The number of aliphatic hydroxyl groups excluding tert-OH is 1. The van der Waals surface area contributed by atoms with Gasteiger partial charge in [-0.1, -0.05) is 30.3 Å². The fourth-order valence-corrected chi connectivity index (χ4v) is 4.72. The number of rotatable bonds is 4. The minimum absolute atomic E-state index is 0.0629. The fraction of sp³-hybridized carbons (Fsp3) is 0.611. The lowest BCUT2D eigenvalue weighted by molar-refractivity contribution is -0.159. The summed E-state index contributed by atoms with van der Waals surface area (Å²) in [6.07, 6.45) is 4.52. The Morgan fingerprint density at radius 1 is 1.23 bits per heavy atom. The molecule has 2 aliphatic carbocycles. The fourth-order valence-electron chi connectivity index (χ4n) is 4.72. The smallest absolute Gasteiger partial charge is 0.410 e. The summed E-state index contributed by atoms with van der Waals surface area (Å²) in [4.78, 5) is 14.2. The number of ether oxygens (including phenoxy) is 1. The van der Waals surface area contributed by atoms with E-state index >= 15 is 0 Å². The maximum atomic E-state index is 12.4. The van der Waals surface area contributed by atoms with E-state index in [2.05, 4.69) is 0 Å². The van der Waals surface area contributed by atoms with Gasteiger partial charge in [0.05, 0.1) is 6.61 Å². The van der Waals surface area contributed by atoms with Crippen LogP contribution < -0.4 is 0 Å². The van der Waals surface area contributed by atoms with E-state index in [-0.39, 0.29) is 23.5 Å². The summed E-state index contributed by atoms with van der Waals surface area (Å²) in [7, 11) is 0. The summed E-state index contributed by atoms with van der Waals surface area (Å²) in [5.74, 6) is 0.761. The van der Waals surface area contributed by atoms with Gasteiger partial charge in [0, 0.05) is 18.5 Å². The Morgan fingerprint density at radius 3 is 2.59 bits per heavy atom. The summed E-state index contributed by atoms with van der Waals surface area (Å²) in [5, 5.41) is 9.73. The number of hydrogen-bond donors (Lipinski definition) is 1. The maximum absolute atomic E-state index is 12.4. The molecule has 2 aliphatic heterocycles. The summed E-state index contributed by atoms with van der Waals surface area (Å²) in [5.41, 5.74) is 1.21. The number of piperidine rings is 2. The first-order chi connectivity index (χ1) is 10.6. The van der Waals surface area contributed by atoms with E-state index in [0.29, 0.717) is 13.2 Å². The SMILES string of the molecule is O=C(OCc1ccccc1)N1CC2(CO)CC(C3CC3)(C1)C2. The number of aliphatic hydroxyl groups is 1. The number of fused-ring (bicyclic) bond motifs is 2. The second-order valence-corrected chi connectivity index (χ2v) is 7.54. The molecule has 1 aromatic rings. The molecule has 4 fully saturated rings. The van der Waals surface area contributed by atoms with Crippen LogP contribution in [0.25, 0.3) is 0 Å². The minimum atomic E-state index is -0.230. The molecular formula is C18H23NO3. The molecule has 1 amide bonds.